The predicted octanol–water partition coefficient (Wildman–Crippen LogP) is 1.29. The van der Waals surface area contributed by atoms with Gasteiger partial charge in [-0.05, 0) is 6.92 Å². The molecule has 21 heavy (non-hydrogen) atoms. The van der Waals surface area contributed by atoms with Crippen LogP contribution in [0.25, 0.3) is 0 Å². The summed E-state index contributed by atoms with van der Waals surface area (Å²) in [6.45, 7) is 6.32. The van der Waals surface area contributed by atoms with Crippen molar-refractivity contribution in [1.82, 2.24) is 20.0 Å². The monoisotopic (exact) mass is 312 g/mol. The van der Waals surface area contributed by atoms with Crippen molar-refractivity contribution in [2.75, 3.05) is 0 Å². The fraction of sp³-hybridized carbons (Fsp3) is 0.462. The number of H-pyrrole nitrogens is 1. The second-order valence-electron chi connectivity index (χ2n) is 5.07. The highest BCUT2D eigenvalue weighted by atomic mass is 32.2. The number of aryl methyl sites for hydroxylation is 1. The first-order valence-electron chi connectivity index (χ1n) is 6.68. The van der Waals surface area contributed by atoms with Crippen molar-refractivity contribution in [3.63, 3.8) is 0 Å². The summed E-state index contributed by atoms with van der Waals surface area (Å²) >= 11 is 0. The second-order valence-corrected chi connectivity index (χ2v) is 6.81. The Kier molecular flexibility index (Phi) is 4.81. The van der Waals surface area contributed by atoms with E-state index in [4.69, 9.17) is 4.42 Å². The molecule has 0 aromatic carbocycles. The minimum atomic E-state index is -3.60. The standard InChI is InChI=1S/C13H20N4O3S/c1-9(2)15-7-12-4-13(10(3)20-12)21(18,19)17-6-11-5-14-8-16-11/h4-5,8-9,15,17H,6-7H2,1-3H3,(H,14,16). The molecule has 7 nitrogen and oxygen atoms in total. The topological polar surface area (TPSA) is 100 Å². The van der Waals surface area contributed by atoms with E-state index in [1.54, 1.807) is 19.2 Å². The van der Waals surface area contributed by atoms with E-state index < -0.39 is 10.0 Å². The zero-order valence-electron chi connectivity index (χ0n) is 12.3. The molecule has 3 N–H and O–H groups in total. The Morgan fingerprint density at radius 3 is 2.76 bits per heavy atom. The number of aromatic amines is 1. The molecule has 0 aliphatic heterocycles. The summed E-state index contributed by atoms with van der Waals surface area (Å²) in [5.41, 5.74) is 0.696. The van der Waals surface area contributed by atoms with Crippen molar-refractivity contribution in [3.05, 3.63) is 35.8 Å². The van der Waals surface area contributed by atoms with Gasteiger partial charge in [-0.3, -0.25) is 0 Å². The lowest BCUT2D eigenvalue weighted by Gasteiger charge is -2.04. The van der Waals surface area contributed by atoms with Gasteiger partial charge in [-0.25, -0.2) is 18.1 Å². The molecule has 2 aromatic rings. The Hall–Kier alpha value is -1.64. The highest BCUT2D eigenvalue weighted by Gasteiger charge is 2.21. The van der Waals surface area contributed by atoms with Crippen molar-refractivity contribution in [3.8, 4) is 0 Å². The normalized spacial score (nSPS) is 12.2. The van der Waals surface area contributed by atoms with E-state index in [1.165, 1.54) is 6.33 Å². The lowest BCUT2D eigenvalue weighted by Crippen LogP contribution is -2.23. The van der Waals surface area contributed by atoms with Gasteiger partial charge in [-0.1, -0.05) is 13.8 Å². The van der Waals surface area contributed by atoms with Crippen LogP contribution < -0.4 is 10.0 Å². The molecule has 0 amide bonds. The molecule has 0 spiro atoms. The number of nitrogens with zero attached hydrogens (tertiary/aromatic N) is 1. The van der Waals surface area contributed by atoms with Crippen LogP contribution in [0, 0.1) is 6.92 Å². The number of hydrogen-bond donors (Lipinski definition) is 3. The van der Waals surface area contributed by atoms with Gasteiger partial charge < -0.3 is 14.7 Å². The van der Waals surface area contributed by atoms with Gasteiger partial charge in [0.25, 0.3) is 0 Å². The summed E-state index contributed by atoms with van der Waals surface area (Å²) < 4.78 is 32.6. The molecular formula is C13H20N4O3S. The summed E-state index contributed by atoms with van der Waals surface area (Å²) in [5.74, 6) is 0.982. The molecule has 0 bridgehead atoms. The quantitative estimate of drug-likeness (QED) is 0.715. The van der Waals surface area contributed by atoms with Gasteiger partial charge in [0.2, 0.25) is 10.0 Å². The van der Waals surface area contributed by atoms with Gasteiger partial charge in [-0.15, -0.1) is 0 Å². The van der Waals surface area contributed by atoms with Gasteiger partial charge in [0.1, 0.15) is 16.4 Å². The summed E-state index contributed by atoms with van der Waals surface area (Å²) in [4.78, 5) is 6.85. The Bertz CT molecular complexity index is 674. The Morgan fingerprint density at radius 1 is 1.38 bits per heavy atom. The number of sulfonamides is 1. The third-order valence-corrected chi connectivity index (χ3v) is 4.41. The molecule has 8 heteroatoms. The minimum absolute atomic E-state index is 0.159. The van der Waals surface area contributed by atoms with E-state index in [0.29, 0.717) is 29.8 Å². The molecule has 116 valence electrons. The van der Waals surface area contributed by atoms with Gasteiger partial charge in [0, 0.05) is 24.0 Å². The lowest BCUT2D eigenvalue weighted by molar-refractivity contribution is 0.444. The van der Waals surface area contributed by atoms with Crippen molar-refractivity contribution >= 4 is 10.0 Å². The Morgan fingerprint density at radius 2 is 2.14 bits per heavy atom. The van der Waals surface area contributed by atoms with Gasteiger partial charge >= 0.3 is 0 Å². The average molecular weight is 312 g/mol. The Labute approximate surface area is 124 Å². The number of aromatic nitrogens is 2. The fourth-order valence-electron chi connectivity index (χ4n) is 1.81. The summed E-state index contributed by atoms with van der Waals surface area (Å²) in [6, 6.07) is 1.86. The molecule has 0 aliphatic carbocycles. The van der Waals surface area contributed by atoms with Crippen LogP contribution in [0.2, 0.25) is 0 Å². The zero-order valence-corrected chi connectivity index (χ0v) is 13.1. The number of furan rings is 1. The Balaban J connectivity index is 2.08. The number of nitrogens with one attached hydrogen (secondary N) is 3. The molecule has 0 saturated carbocycles. The molecular weight excluding hydrogens is 292 g/mol. The molecule has 0 unspecified atom stereocenters. The molecule has 2 aromatic heterocycles. The lowest BCUT2D eigenvalue weighted by atomic mass is 10.3. The van der Waals surface area contributed by atoms with Crippen LogP contribution in [0.3, 0.4) is 0 Å². The average Bonchev–Trinajstić information content (AvgIpc) is 3.03. The van der Waals surface area contributed by atoms with Gasteiger partial charge in [0.15, 0.2) is 0 Å². The maximum atomic E-state index is 12.3. The van der Waals surface area contributed by atoms with E-state index in [1.807, 2.05) is 13.8 Å². The summed E-state index contributed by atoms with van der Waals surface area (Å²) in [7, 11) is -3.60. The largest absolute Gasteiger partial charge is 0.464 e. The molecule has 0 atom stereocenters. The van der Waals surface area contributed by atoms with Crippen LogP contribution in [-0.4, -0.2) is 24.4 Å². The van der Waals surface area contributed by atoms with E-state index in [2.05, 4.69) is 20.0 Å². The number of imidazole rings is 1. The molecule has 2 heterocycles. The smallest absolute Gasteiger partial charge is 0.244 e. The van der Waals surface area contributed by atoms with Crippen LogP contribution in [-0.2, 0) is 23.1 Å². The van der Waals surface area contributed by atoms with Gasteiger partial charge in [-0.2, -0.15) is 0 Å². The van der Waals surface area contributed by atoms with Crippen LogP contribution in [0.15, 0.2) is 27.9 Å². The number of rotatable bonds is 7. The van der Waals surface area contributed by atoms with E-state index in [-0.39, 0.29) is 11.4 Å². The predicted molar refractivity (Wildman–Crippen MR) is 78.0 cm³/mol. The first kappa shape index (κ1) is 15.7. The van der Waals surface area contributed by atoms with Crippen molar-refractivity contribution in [2.24, 2.45) is 0 Å². The molecule has 0 fully saturated rings. The van der Waals surface area contributed by atoms with E-state index in [9.17, 15) is 8.42 Å². The zero-order chi connectivity index (χ0) is 15.5. The van der Waals surface area contributed by atoms with Crippen LogP contribution in [0.4, 0.5) is 0 Å². The first-order valence-corrected chi connectivity index (χ1v) is 8.16. The highest BCUT2D eigenvalue weighted by Crippen LogP contribution is 2.20. The number of hydrogen-bond acceptors (Lipinski definition) is 5. The van der Waals surface area contributed by atoms with Crippen molar-refractivity contribution in [2.45, 2.75) is 44.8 Å². The third kappa shape index (κ3) is 4.16. The van der Waals surface area contributed by atoms with E-state index >= 15 is 0 Å². The maximum Gasteiger partial charge on any atom is 0.244 e. The third-order valence-electron chi connectivity index (χ3n) is 2.90. The summed E-state index contributed by atoms with van der Waals surface area (Å²) in [6.07, 6.45) is 3.07. The first-order chi connectivity index (χ1) is 9.88. The molecule has 2 rings (SSSR count). The fourth-order valence-corrected chi connectivity index (χ4v) is 3.02. The molecule has 0 radical (unpaired) electrons. The molecule has 0 saturated heterocycles. The minimum Gasteiger partial charge on any atom is -0.464 e. The van der Waals surface area contributed by atoms with Crippen LogP contribution in [0.5, 0.6) is 0 Å². The second kappa shape index (κ2) is 6.42. The SMILES string of the molecule is Cc1oc(CNC(C)C)cc1S(=O)(=O)NCc1cnc[nH]1. The van der Waals surface area contributed by atoms with E-state index in [0.717, 1.165) is 0 Å². The van der Waals surface area contributed by atoms with Crippen molar-refractivity contribution in [1.29, 1.82) is 0 Å². The highest BCUT2D eigenvalue weighted by molar-refractivity contribution is 7.89. The summed E-state index contributed by atoms with van der Waals surface area (Å²) in [5, 5.41) is 3.19. The maximum absolute atomic E-state index is 12.3. The molecule has 0 aliphatic rings. The van der Waals surface area contributed by atoms with Gasteiger partial charge in [0.05, 0.1) is 19.4 Å². The van der Waals surface area contributed by atoms with Crippen LogP contribution in [0.1, 0.15) is 31.1 Å². The van der Waals surface area contributed by atoms with Crippen molar-refractivity contribution < 1.29 is 12.8 Å². The van der Waals surface area contributed by atoms with Crippen LogP contribution >= 0.6 is 0 Å².